The summed E-state index contributed by atoms with van der Waals surface area (Å²) in [5.74, 6) is 0.705. The van der Waals surface area contributed by atoms with Crippen LogP contribution in [-0.4, -0.2) is 17.2 Å². The summed E-state index contributed by atoms with van der Waals surface area (Å²) in [7, 11) is 1.56. The van der Waals surface area contributed by atoms with E-state index in [0.29, 0.717) is 11.6 Å². The van der Waals surface area contributed by atoms with Crippen molar-refractivity contribution < 1.29 is 9.84 Å². The van der Waals surface area contributed by atoms with Gasteiger partial charge in [-0.05, 0) is 12.0 Å². The highest BCUT2D eigenvalue weighted by Gasteiger charge is 2.13. The van der Waals surface area contributed by atoms with Crippen LogP contribution in [0.4, 0.5) is 0 Å². The number of pyridine rings is 1. The molecule has 0 aliphatic rings. The van der Waals surface area contributed by atoms with Gasteiger partial charge in [0, 0.05) is 6.07 Å². The predicted octanol–water partition coefficient (Wildman–Crippen LogP) is 1.78. The van der Waals surface area contributed by atoms with Crippen LogP contribution in [0.15, 0.2) is 18.2 Å². The van der Waals surface area contributed by atoms with Crippen LogP contribution in [0.1, 0.15) is 25.6 Å². The van der Waals surface area contributed by atoms with Crippen LogP contribution in [0.2, 0.25) is 0 Å². The van der Waals surface area contributed by atoms with E-state index < -0.39 is 6.10 Å². The predicted molar refractivity (Wildman–Crippen MR) is 50.6 cm³/mol. The first-order valence-corrected chi connectivity index (χ1v) is 4.34. The van der Waals surface area contributed by atoms with Crippen LogP contribution in [0, 0.1) is 5.92 Å². The van der Waals surface area contributed by atoms with Crippen molar-refractivity contribution in [3.63, 3.8) is 0 Å². The molecule has 1 aromatic heterocycles. The topological polar surface area (TPSA) is 42.4 Å². The van der Waals surface area contributed by atoms with E-state index in [0.717, 1.165) is 0 Å². The number of hydrogen-bond acceptors (Lipinski definition) is 3. The van der Waals surface area contributed by atoms with E-state index in [4.69, 9.17) is 4.74 Å². The maximum Gasteiger partial charge on any atom is 0.213 e. The van der Waals surface area contributed by atoms with Crippen molar-refractivity contribution in [2.24, 2.45) is 5.92 Å². The van der Waals surface area contributed by atoms with Crippen molar-refractivity contribution >= 4 is 0 Å². The van der Waals surface area contributed by atoms with Crippen LogP contribution in [0.5, 0.6) is 5.88 Å². The molecule has 1 rings (SSSR count). The van der Waals surface area contributed by atoms with Gasteiger partial charge in [-0.2, -0.15) is 0 Å². The van der Waals surface area contributed by atoms with E-state index >= 15 is 0 Å². The first kappa shape index (κ1) is 9.99. The highest BCUT2D eigenvalue weighted by molar-refractivity contribution is 5.17. The zero-order valence-electron chi connectivity index (χ0n) is 8.19. The largest absolute Gasteiger partial charge is 0.481 e. The molecule has 0 spiro atoms. The SMILES string of the molecule is COc1cccc(C(O)C(C)C)n1. The van der Waals surface area contributed by atoms with Gasteiger partial charge < -0.3 is 9.84 Å². The molecule has 0 radical (unpaired) electrons. The molecule has 72 valence electrons. The van der Waals surface area contributed by atoms with Crippen LogP contribution in [0.3, 0.4) is 0 Å². The van der Waals surface area contributed by atoms with Crippen molar-refractivity contribution in [3.8, 4) is 5.88 Å². The van der Waals surface area contributed by atoms with Gasteiger partial charge in [-0.1, -0.05) is 19.9 Å². The number of hydrogen-bond donors (Lipinski definition) is 1. The maximum absolute atomic E-state index is 9.70. The fourth-order valence-corrected chi connectivity index (χ4v) is 1.05. The third kappa shape index (κ3) is 2.42. The van der Waals surface area contributed by atoms with E-state index in [9.17, 15) is 5.11 Å². The number of aliphatic hydroxyl groups is 1. The molecule has 13 heavy (non-hydrogen) atoms. The molecule has 0 fully saturated rings. The number of ether oxygens (including phenoxy) is 1. The van der Waals surface area contributed by atoms with Crippen LogP contribution < -0.4 is 4.74 Å². The lowest BCUT2D eigenvalue weighted by atomic mass is 10.0. The number of aromatic nitrogens is 1. The lowest BCUT2D eigenvalue weighted by Crippen LogP contribution is -2.07. The fraction of sp³-hybridized carbons (Fsp3) is 0.500. The van der Waals surface area contributed by atoms with Gasteiger partial charge in [-0.15, -0.1) is 0 Å². The zero-order valence-corrected chi connectivity index (χ0v) is 8.19. The molecule has 3 nitrogen and oxygen atoms in total. The molecule has 1 N–H and O–H groups in total. The Balaban J connectivity index is 2.88. The van der Waals surface area contributed by atoms with Crippen molar-refractivity contribution in [1.29, 1.82) is 0 Å². The Labute approximate surface area is 78.4 Å². The Morgan fingerprint density at radius 1 is 1.38 bits per heavy atom. The summed E-state index contributed by atoms with van der Waals surface area (Å²) in [5, 5.41) is 9.70. The van der Waals surface area contributed by atoms with Gasteiger partial charge in [-0.3, -0.25) is 0 Å². The minimum Gasteiger partial charge on any atom is -0.481 e. The molecular formula is C10H15NO2. The highest BCUT2D eigenvalue weighted by Crippen LogP contribution is 2.20. The van der Waals surface area contributed by atoms with Gasteiger partial charge in [0.2, 0.25) is 5.88 Å². The average molecular weight is 181 g/mol. The lowest BCUT2D eigenvalue weighted by molar-refractivity contribution is 0.121. The number of rotatable bonds is 3. The first-order valence-electron chi connectivity index (χ1n) is 4.34. The second-order valence-electron chi connectivity index (χ2n) is 3.29. The molecule has 3 heteroatoms. The Bertz CT molecular complexity index is 273. The molecule has 1 unspecified atom stereocenters. The van der Waals surface area contributed by atoms with Gasteiger partial charge in [0.1, 0.15) is 0 Å². The van der Waals surface area contributed by atoms with Gasteiger partial charge in [0.25, 0.3) is 0 Å². The maximum atomic E-state index is 9.70. The van der Waals surface area contributed by atoms with Gasteiger partial charge in [0.05, 0.1) is 18.9 Å². The average Bonchev–Trinajstić information content (AvgIpc) is 2.16. The van der Waals surface area contributed by atoms with Gasteiger partial charge in [-0.25, -0.2) is 4.98 Å². The summed E-state index contributed by atoms with van der Waals surface area (Å²) < 4.78 is 4.96. The second kappa shape index (κ2) is 4.23. The standard InChI is InChI=1S/C10H15NO2/c1-7(2)10(12)8-5-4-6-9(11-8)13-3/h4-7,10,12H,1-3H3. The molecule has 1 atom stereocenters. The molecular weight excluding hydrogens is 166 g/mol. The van der Waals surface area contributed by atoms with E-state index in [2.05, 4.69) is 4.98 Å². The van der Waals surface area contributed by atoms with E-state index in [1.54, 1.807) is 19.2 Å². The Kier molecular flexibility index (Phi) is 3.25. The minimum absolute atomic E-state index is 0.166. The fourth-order valence-electron chi connectivity index (χ4n) is 1.05. The normalized spacial score (nSPS) is 13.0. The quantitative estimate of drug-likeness (QED) is 0.772. The van der Waals surface area contributed by atoms with Crippen molar-refractivity contribution in [2.45, 2.75) is 20.0 Å². The third-order valence-corrected chi connectivity index (χ3v) is 1.89. The van der Waals surface area contributed by atoms with Crippen LogP contribution >= 0.6 is 0 Å². The Morgan fingerprint density at radius 3 is 2.62 bits per heavy atom. The molecule has 0 aromatic carbocycles. The summed E-state index contributed by atoms with van der Waals surface area (Å²) in [4.78, 5) is 4.14. The summed E-state index contributed by atoms with van der Waals surface area (Å²) in [5.41, 5.74) is 0.661. The molecule has 0 bridgehead atoms. The molecule has 0 aliphatic heterocycles. The van der Waals surface area contributed by atoms with Gasteiger partial charge >= 0.3 is 0 Å². The summed E-state index contributed by atoms with van der Waals surface area (Å²) in [6.45, 7) is 3.90. The van der Waals surface area contributed by atoms with Crippen LogP contribution in [0.25, 0.3) is 0 Å². The highest BCUT2D eigenvalue weighted by atomic mass is 16.5. The monoisotopic (exact) mass is 181 g/mol. The number of nitrogens with zero attached hydrogens (tertiary/aromatic N) is 1. The Hall–Kier alpha value is -1.09. The van der Waals surface area contributed by atoms with Crippen molar-refractivity contribution in [1.82, 2.24) is 4.98 Å². The first-order chi connectivity index (χ1) is 6.15. The number of aliphatic hydroxyl groups excluding tert-OH is 1. The molecule has 0 saturated carbocycles. The number of methoxy groups -OCH3 is 1. The van der Waals surface area contributed by atoms with Crippen molar-refractivity contribution in [3.05, 3.63) is 23.9 Å². The second-order valence-corrected chi connectivity index (χ2v) is 3.29. The van der Waals surface area contributed by atoms with Crippen molar-refractivity contribution in [2.75, 3.05) is 7.11 Å². The molecule has 0 aliphatic carbocycles. The Morgan fingerprint density at radius 2 is 2.08 bits per heavy atom. The molecule has 0 saturated heterocycles. The van der Waals surface area contributed by atoms with E-state index in [1.807, 2.05) is 19.9 Å². The minimum atomic E-state index is -0.518. The van der Waals surface area contributed by atoms with Gasteiger partial charge in [0.15, 0.2) is 0 Å². The molecule has 0 amide bonds. The van der Waals surface area contributed by atoms with E-state index in [1.165, 1.54) is 0 Å². The summed E-state index contributed by atoms with van der Waals surface area (Å²) in [6.07, 6.45) is -0.518. The summed E-state index contributed by atoms with van der Waals surface area (Å²) >= 11 is 0. The smallest absolute Gasteiger partial charge is 0.213 e. The zero-order chi connectivity index (χ0) is 9.84. The van der Waals surface area contributed by atoms with E-state index in [-0.39, 0.29) is 5.92 Å². The molecule has 1 aromatic rings. The summed E-state index contributed by atoms with van der Waals surface area (Å²) in [6, 6.07) is 5.39. The lowest BCUT2D eigenvalue weighted by Gasteiger charge is -2.13. The third-order valence-electron chi connectivity index (χ3n) is 1.89. The molecule has 1 heterocycles. The van der Waals surface area contributed by atoms with Crippen LogP contribution in [-0.2, 0) is 0 Å².